The molecule has 1 atom stereocenters. The molecule has 3 aromatic rings. The third-order valence-electron chi connectivity index (χ3n) is 5.81. The number of halogens is 7. The highest BCUT2D eigenvalue weighted by molar-refractivity contribution is 5.74. The van der Waals surface area contributed by atoms with Crippen molar-refractivity contribution in [1.29, 1.82) is 5.26 Å². The Morgan fingerprint density at radius 3 is 2.23 bits per heavy atom. The monoisotopic (exact) mass is 545 g/mol. The van der Waals surface area contributed by atoms with Crippen LogP contribution in [0.15, 0.2) is 97.1 Å². The molecule has 0 aliphatic rings. The molecule has 0 aliphatic heterocycles. The maximum atomic E-state index is 14.1. The summed E-state index contributed by atoms with van der Waals surface area (Å²) in [6.07, 6.45) is -4.04. The molecule has 202 valence electrons. The Hall–Kier alpha value is -4.16. The number of ether oxygens (including phenoxy) is 1. The van der Waals surface area contributed by atoms with Gasteiger partial charge in [-0.05, 0) is 59.5 Å². The summed E-state index contributed by atoms with van der Waals surface area (Å²) in [6.45, 7) is 4.99. The van der Waals surface area contributed by atoms with Gasteiger partial charge in [0, 0.05) is 5.56 Å². The maximum Gasteiger partial charge on any atom is 0.419 e. The molecule has 0 amide bonds. The van der Waals surface area contributed by atoms with Crippen molar-refractivity contribution in [1.82, 2.24) is 0 Å². The number of benzene rings is 3. The average Bonchev–Trinajstić information content (AvgIpc) is 2.89. The molecule has 3 aromatic carbocycles. The summed E-state index contributed by atoms with van der Waals surface area (Å²) in [5, 5.41) is 9.62. The van der Waals surface area contributed by atoms with Crippen LogP contribution in [0.3, 0.4) is 0 Å². The van der Waals surface area contributed by atoms with E-state index in [4.69, 9.17) is 4.74 Å². The molecule has 0 aliphatic carbocycles. The topological polar surface area (TPSA) is 33.0 Å². The van der Waals surface area contributed by atoms with Crippen LogP contribution in [-0.4, -0.2) is 0 Å². The van der Waals surface area contributed by atoms with Crippen LogP contribution in [0.5, 0.6) is 0 Å². The normalized spacial score (nSPS) is 13.4. The van der Waals surface area contributed by atoms with Gasteiger partial charge in [-0.25, -0.2) is 4.39 Å². The van der Waals surface area contributed by atoms with E-state index in [0.717, 1.165) is 18.2 Å². The van der Waals surface area contributed by atoms with E-state index in [-0.39, 0.29) is 28.9 Å². The molecule has 0 aromatic heterocycles. The Morgan fingerprint density at radius 1 is 0.949 bits per heavy atom. The quantitative estimate of drug-likeness (QED) is 0.209. The van der Waals surface area contributed by atoms with Gasteiger partial charge in [0.2, 0.25) is 0 Å². The molecule has 0 N–H and O–H groups in total. The van der Waals surface area contributed by atoms with Crippen molar-refractivity contribution in [3.63, 3.8) is 0 Å². The zero-order chi connectivity index (χ0) is 28.8. The summed E-state index contributed by atoms with van der Waals surface area (Å²) in [5.41, 5.74) is -1.47. The fourth-order valence-corrected chi connectivity index (χ4v) is 3.97. The number of nitriles is 1. The lowest BCUT2D eigenvalue weighted by atomic mass is 9.91. The van der Waals surface area contributed by atoms with Crippen LogP contribution in [0, 0.1) is 17.1 Å². The zero-order valence-electron chi connectivity index (χ0n) is 20.6. The molecule has 0 saturated carbocycles. The Bertz CT molecular complexity index is 1440. The second-order valence-corrected chi connectivity index (χ2v) is 8.35. The van der Waals surface area contributed by atoms with Crippen LogP contribution in [0.25, 0.3) is 11.1 Å². The third-order valence-corrected chi connectivity index (χ3v) is 5.81. The molecular formula is C30H22F7NO. The van der Waals surface area contributed by atoms with Crippen molar-refractivity contribution in [3.8, 4) is 17.2 Å². The predicted molar refractivity (Wildman–Crippen MR) is 134 cm³/mol. The molecule has 1 unspecified atom stereocenters. The van der Waals surface area contributed by atoms with Gasteiger partial charge in [-0.2, -0.15) is 31.6 Å². The van der Waals surface area contributed by atoms with Gasteiger partial charge in [0.25, 0.3) is 0 Å². The standard InChI is InChI=1S/C30H22F7NO/c1-3-5-8-20(4-2)28(39-18-19-11-14-26(27(31)15-19)30(35,36)37)21-12-13-22(17-38)24(16-21)23-9-6-7-10-25(23)29(32,33)34/h3-16,28H,1,18H2,2H3/b8-5-,20-4+. The Balaban J connectivity index is 2.10. The second-order valence-electron chi connectivity index (χ2n) is 8.35. The highest BCUT2D eigenvalue weighted by Crippen LogP contribution is 2.40. The molecule has 3 rings (SSSR count). The molecule has 0 bridgehead atoms. The van der Waals surface area contributed by atoms with Gasteiger partial charge in [-0.15, -0.1) is 0 Å². The Morgan fingerprint density at radius 2 is 1.64 bits per heavy atom. The van der Waals surface area contributed by atoms with Gasteiger partial charge in [-0.1, -0.05) is 61.2 Å². The van der Waals surface area contributed by atoms with E-state index in [0.29, 0.717) is 17.2 Å². The Labute approximate surface area is 221 Å². The molecular weight excluding hydrogens is 523 g/mol. The van der Waals surface area contributed by atoms with Crippen LogP contribution in [0.1, 0.15) is 40.8 Å². The third kappa shape index (κ3) is 7.03. The number of rotatable bonds is 8. The summed E-state index contributed by atoms with van der Waals surface area (Å²) in [6, 6.07) is 13.5. The first-order valence-electron chi connectivity index (χ1n) is 11.5. The molecule has 0 spiro atoms. The van der Waals surface area contributed by atoms with Gasteiger partial charge < -0.3 is 4.74 Å². The van der Waals surface area contributed by atoms with Gasteiger partial charge in [-0.3, -0.25) is 0 Å². The van der Waals surface area contributed by atoms with E-state index in [9.17, 15) is 36.0 Å². The van der Waals surface area contributed by atoms with Crippen molar-refractivity contribution in [2.75, 3.05) is 0 Å². The molecule has 0 radical (unpaired) electrons. The lowest BCUT2D eigenvalue weighted by Gasteiger charge is -2.22. The first-order chi connectivity index (χ1) is 18.4. The van der Waals surface area contributed by atoms with E-state index in [1.54, 1.807) is 25.2 Å². The number of allylic oxidation sites excluding steroid dienone is 3. The average molecular weight is 545 g/mol. The van der Waals surface area contributed by atoms with Crippen molar-refractivity contribution in [2.45, 2.75) is 32.0 Å². The van der Waals surface area contributed by atoms with E-state index >= 15 is 0 Å². The van der Waals surface area contributed by atoms with Crippen LogP contribution < -0.4 is 0 Å². The fraction of sp³-hybridized carbons (Fsp3) is 0.167. The fourth-order valence-electron chi connectivity index (χ4n) is 3.97. The number of hydrogen-bond acceptors (Lipinski definition) is 2. The number of hydrogen-bond donors (Lipinski definition) is 0. The predicted octanol–water partition coefficient (Wildman–Crippen LogP) is 9.35. The summed E-state index contributed by atoms with van der Waals surface area (Å²) < 4.78 is 100. The van der Waals surface area contributed by atoms with Crippen LogP contribution in [-0.2, 0) is 23.7 Å². The smallest absolute Gasteiger partial charge is 0.364 e. The number of alkyl halides is 6. The van der Waals surface area contributed by atoms with Crippen molar-refractivity contribution >= 4 is 0 Å². The van der Waals surface area contributed by atoms with Crippen LogP contribution in [0.2, 0.25) is 0 Å². The van der Waals surface area contributed by atoms with Gasteiger partial charge in [0.1, 0.15) is 11.9 Å². The minimum Gasteiger partial charge on any atom is -0.364 e. The lowest BCUT2D eigenvalue weighted by Crippen LogP contribution is -2.11. The first-order valence-corrected chi connectivity index (χ1v) is 11.5. The highest BCUT2D eigenvalue weighted by Gasteiger charge is 2.35. The minimum absolute atomic E-state index is 0.00247. The summed E-state index contributed by atoms with van der Waals surface area (Å²) in [5.74, 6) is -1.46. The SMILES string of the molecule is C=C/C=C\C(=C/C)C(OCc1ccc(C(F)(F)F)c(F)c1)c1ccc(C#N)c(-c2ccccc2C(F)(F)F)c1. The van der Waals surface area contributed by atoms with Crippen molar-refractivity contribution in [2.24, 2.45) is 0 Å². The van der Waals surface area contributed by atoms with Crippen LogP contribution in [0.4, 0.5) is 30.7 Å². The summed E-state index contributed by atoms with van der Waals surface area (Å²) in [4.78, 5) is 0. The minimum atomic E-state index is -4.86. The van der Waals surface area contributed by atoms with Crippen molar-refractivity contribution in [3.05, 3.63) is 131 Å². The lowest BCUT2D eigenvalue weighted by molar-refractivity contribution is -0.140. The van der Waals surface area contributed by atoms with Gasteiger partial charge >= 0.3 is 12.4 Å². The van der Waals surface area contributed by atoms with E-state index < -0.39 is 35.4 Å². The largest absolute Gasteiger partial charge is 0.419 e. The van der Waals surface area contributed by atoms with E-state index in [2.05, 4.69) is 6.58 Å². The highest BCUT2D eigenvalue weighted by atomic mass is 19.4. The number of nitrogens with zero attached hydrogens (tertiary/aromatic N) is 1. The van der Waals surface area contributed by atoms with Crippen molar-refractivity contribution < 1.29 is 35.5 Å². The maximum absolute atomic E-state index is 14.1. The summed E-state index contributed by atoms with van der Waals surface area (Å²) in [7, 11) is 0. The first kappa shape index (κ1) is 29.4. The summed E-state index contributed by atoms with van der Waals surface area (Å²) >= 11 is 0. The second kappa shape index (κ2) is 12.1. The van der Waals surface area contributed by atoms with Gasteiger partial charge in [0.05, 0.1) is 29.4 Å². The molecule has 0 fully saturated rings. The molecule has 2 nitrogen and oxygen atoms in total. The molecule has 0 saturated heterocycles. The molecule has 39 heavy (non-hydrogen) atoms. The Kier molecular flexibility index (Phi) is 9.15. The van der Waals surface area contributed by atoms with Crippen LogP contribution >= 0.6 is 0 Å². The van der Waals surface area contributed by atoms with E-state index in [1.165, 1.54) is 42.5 Å². The zero-order valence-corrected chi connectivity index (χ0v) is 20.6. The van der Waals surface area contributed by atoms with Gasteiger partial charge in [0.15, 0.2) is 0 Å². The van der Waals surface area contributed by atoms with E-state index in [1.807, 2.05) is 6.07 Å². The molecule has 0 heterocycles. The molecule has 9 heteroatoms.